The zero-order valence-corrected chi connectivity index (χ0v) is 10.9. The van der Waals surface area contributed by atoms with Gasteiger partial charge in [0, 0.05) is 11.6 Å². The summed E-state index contributed by atoms with van der Waals surface area (Å²) in [5.41, 5.74) is 1.15. The molecule has 0 aromatic heterocycles. The van der Waals surface area contributed by atoms with Crippen LogP contribution in [-0.4, -0.2) is 31.0 Å². The van der Waals surface area contributed by atoms with Crippen molar-refractivity contribution in [3.05, 3.63) is 35.4 Å². The number of halogens is 1. The van der Waals surface area contributed by atoms with E-state index in [1.165, 1.54) is 0 Å². The van der Waals surface area contributed by atoms with E-state index < -0.39 is 12.6 Å². The molecule has 0 aliphatic heterocycles. The quantitative estimate of drug-likeness (QED) is 0.596. The highest BCUT2D eigenvalue weighted by Gasteiger charge is 2.16. The van der Waals surface area contributed by atoms with Crippen molar-refractivity contribution < 1.29 is 13.9 Å². The van der Waals surface area contributed by atoms with E-state index in [-0.39, 0.29) is 11.8 Å². The van der Waals surface area contributed by atoms with Gasteiger partial charge in [0.1, 0.15) is 6.67 Å². The van der Waals surface area contributed by atoms with Gasteiger partial charge >= 0.3 is 5.97 Å². The average molecular weight is 251 g/mol. The molecule has 1 aromatic rings. The predicted molar refractivity (Wildman–Crippen MR) is 70.0 cm³/mol. The number of hydrogen-bond donors (Lipinski definition) is 0. The molecule has 0 aliphatic carbocycles. The van der Waals surface area contributed by atoms with E-state index in [2.05, 4.69) is 4.99 Å². The molecule has 0 atom stereocenters. The molecule has 0 aliphatic rings. The van der Waals surface area contributed by atoms with Gasteiger partial charge in [0.05, 0.1) is 17.9 Å². The lowest BCUT2D eigenvalue weighted by Crippen LogP contribution is -2.15. The minimum atomic E-state index is -0.700. The Balaban J connectivity index is 3.19. The first-order chi connectivity index (χ1) is 8.60. The number of aliphatic imine (C=N–C) groups is 1. The van der Waals surface area contributed by atoms with Crippen LogP contribution < -0.4 is 0 Å². The van der Waals surface area contributed by atoms with Crippen LogP contribution in [0.3, 0.4) is 0 Å². The van der Waals surface area contributed by atoms with Gasteiger partial charge in [-0.25, -0.2) is 9.18 Å². The molecule has 4 heteroatoms. The zero-order valence-electron chi connectivity index (χ0n) is 10.9. The van der Waals surface area contributed by atoms with Gasteiger partial charge in [0.2, 0.25) is 0 Å². The molecule has 0 saturated heterocycles. The molecule has 0 saturated carbocycles. The lowest BCUT2D eigenvalue weighted by molar-refractivity contribution is 0.0526. The van der Waals surface area contributed by atoms with Crippen LogP contribution in [0.5, 0.6) is 0 Å². The Morgan fingerprint density at radius 2 is 1.94 bits per heavy atom. The summed E-state index contributed by atoms with van der Waals surface area (Å²) in [4.78, 5) is 16.0. The lowest BCUT2D eigenvalue weighted by Gasteiger charge is -2.10. The molecule has 18 heavy (non-hydrogen) atoms. The number of rotatable bonds is 5. The van der Waals surface area contributed by atoms with Gasteiger partial charge < -0.3 is 4.74 Å². The third kappa shape index (κ3) is 3.65. The van der Waals surface area contributed by atoms with Crippen LogP contribution in [0.15, 0.2) is 29.3 Å². The normalized spacial score (nSPS) is 11.7. The van der Waals surface area contributed by atoms with Crippen molar-refractivity contribution in [3.8, 4) is 0 Å². The van der Waals surface area contributed by atoms with Crippen LogP contribution >= 0.6 is 0 Å². The lowest BCUT2D eigenvalue weighted by atomic mass is 10.0. The summed E-state index contributed by atoms with van der Waals surface area (Å²) in [7, 11) is 0. The molecule has 0 amide bonds. The van der Waals surface area contributed by atoms with Crippen molar-refractivity contribution in [2.75, 3.05) is 13.3 Å². The Labute approximate surface area is 107 Å². The van der Waals surface area contributed by atoms with Gasteiger partial charge in [-0.15, -0.1) is 0 Å². The summed E-state index contributed by atoms with van der Waals surface area (Å²) in [6, 6.07) is 6.77. The van der Waals surface area contributed by atoms with E-state index in [1.807, 2.05) is 13.8 Å². The maximum absolute atomic E-state index is 13.0. The number of ether oxygens (including phenoxy) is 1. The largest absolute Gasteiger partial charge is 0.462 e. The van der Waals surface area contributed by atoms with Crippen LogP contribution in [0, 0.1) is 0 Å². The van der Waals surface area contributed by atoms with Crippen molar-refractivity contribution in [1.29, 1.82) is 0 Å². The Morgan fingerprint density at radius 1 is 1.33 bits per heavy atom. The molecular weight excluding hydrogens is 233 g/mol. The topological polar surface area (TPSA) is 38.7 Å². The van der Waals surface area contributed by atoms with Gasteiger partial charge in [-0.2, -0.15) is 0 Å². The molecule has 1 aromatic carbocycles. The number of alkyl halides is 1. The second kappa shape index (κ2) is 6.89. The Bertz CT molecular complexity index is 441. The number of benzene rings is 1. The molecule has 0 fully saturated rings. The van der Waals surface area contributed by atoms with Gasteiger partial charge in [0.25, 0.3) is 0 Å². The summed E-state index contributed by atoms with van der Waals surface area (Å²) in [5, 5.41) is 0. The fraction of sp³-hybridized carbons (Fsp3) is 0.429. The molecule has 0 unspecified atom stereocenters. The number of carbonyl (C=O) groups is 1. The summed E-state index contributed by atoms with van der Waals surface area (Å²) in [6.07, 6.45) is 0. The van der Waals surface area contributed by atoms with Gasteiger partial charge in [-0.1, -0.05) is 18.2 Å². The highest BCUT2D eigenvalue weighted by Crippen LogP contribution is 2.13. The molecule has 0 radical (unpaired) electrons. The van der Waals surface area contributed by atoms with E-state index in [4.69, 9.17) is 4.74 Å². The fourth-order valence-corrected chi connectivity index (χ4v) is 1.61. The smallest absolute Gasteiger partial charge is 0.338 e. The zero-order chi connectivity index (χ0) is 13.5. The second-order valence-electron chi connectivity index (χ2n) is 4.07. The second-order valence-corrected chi connectivity index (χ2v) is 4.07. The third-order valence-corrected chi connectivity index (χ3v) is 2.27. The Morgan fingerprint density at radius 3 is 2.44 bits per heavy atom. The molecule has 0 N–H and O–H groups in total. The summed E-state index contributed by atoms with van der Waals surface area (Å²) in [5.74, 6) is -0.446. The highest BCUT2D eigenvalue weighted by atomic mass is 19.1. The average Bonchev–Trinajstić information content (AvgIpc) is 2.36. The van der Waals surface area contributed by atoms with Crippen molar-refractivity contribution in [2.45, 2.75) is 26.8 Å². The first kappa shape index (κ1) is 14.4. The maximum atomic E-state index is 13.0. The first-order valence-corrected chi connectivity index (χ1v) is 5.99. The summed E-state index contributed by atoms with van der Waals surface area (Å²) < 4.78 is 18.0. The number of hydrogen-bond acceptors (Lipinski definition) is 3. The van der Waals surface area contributed by atoms with E-state index in [0.717, 1.165) is 0 Å². The highest BCUT2D eigenvalue weighted by molar-refractivity contribution is 6.09. The predicted octanol–water partition coefficient (Wildman–Crippen LogP) is 3.03. The monoisotopic (exact) mass is 251 g/mol. The van der Waals surface area contributed by atoms with Crippen molar-refractivity contribution in [1.82, 2.24) is 0 Å². The summed E-state index contributed by atoms with van der Waals surface area (Å²) in [6.45, 7) is 5.05. The van der Waals surface area contributed by atoms with Gasteiger partial charge in [-0.05, 0) is 26.8 Å². The molecule has 3 nitrogen and oxygen atoms in total. The van der Waals surface area contributed by atoms with Crippen LogP contribution in [0.25, 0.3) is 0 Å². The molecule has 0 heterocycles. The third-order valence-electron chi connectivity index (χ3n) is 2.27. The van der Waals surface area contributed by atoms with Crippen molar-refractivity contribution in [2.24, 2.45) is 4.99 Å². The minimum Gasteiger partial charge on any atom is -0.462 e. The summed E-state index contributed by atoms with van der Waals surface area (Å²) >= 11 is 0. The molecule has 0 bridgehead atoms. The van der Waals surface area contributed by atoms with Crippen molar-refractivity contribution in [3.63, 3.8) is 0 Å². The van der Waals surface area contributed by atoms with Crippen LogP contribution in [0.4, 0.5) is 4.39 Å². The van der Waals surface area contributed by atoms with Crippen LogP contribution in [-0.2, 0) is 4.74 Å². The maximum Gasteiger partial charge on any atom is 0.338 e. The Kier molecular flexibility index (Phi) is 5.49. The number of carbonyl (C=O) groups excluding carboxylic acids is 1. The van der Waals surface area contributed by atoms with E-state index in [9.17, 15) is 9.18 Å². The van der Waals surface area contributed by atoms with Crippen LogP contribution in [0.2, 0.25) is 0 Å². The number of esters is 1. The van der Waals surface area contributed by atoms with E-state index >= 15 is 0 Å². The number of nitrogens with zero attached hydrogens (tertiary/aromatic N) is 1. The van der Waals surface area contributed by atoms with Gasteiger partial charge in [0.15, 0.2) is 0 Å². The molecule has 1 rings (SSSR count). The fourth-order valence-electron chi connectivity index (χ4n) is 1.61. The molecule has 0 spiro atoms. The SMILES string of the molecule is CCOC(=O)c1ccccc1C(CF)=NC(C)C. The van der Waals surface area contributed by atoms with Crippen molar-refractivity contribution >= 4 is 11.7 Å². The van der Waals surface area contributed by atoms with E-state index in [1.54, 1.807) is 31.2 Å². The van der Waals surface area contributed by atoms with E-state index in [0.29, 0.717) is 17.7 Å². The standard InChI is InChI=1S/C14H18FNO2/c1-4-18-14(17)12-8-6-5-7-11(12)13(9-15)16-10(2)3/h5-8,10H,4,9H2,1-3H3. The Hall–Kier alpha value is -1.71. The van der Waals surface area contributed by atoms with Gasteiger partial charge in [-0.3, -0.25) is 4.99 Å². The first-order valence-electron chi connectivity index (χ1n) is 5.99. The van der Waals surface area contributed by atoms with Crippen LogP contribution in [0.1, 0.15) is 36.7 Å². The molecular formula is C14H18FNO2. The minimum absolute atomic E-state index is 0.0222. The molecule has 98 valence electrons.